The summed E-state index contributed by atoms with van der Waals surface area (Å²) in [5.74, 6) is 0.125. The predicted molar refractivity (Wildman–Crippen MR) is 143 cm³/mol. The third-order valence-corrected chi connectivity index (χ3v) is 6.99. The molecular weight excluding hydrogens is 474 g/mol. The van der Waals surface area contributed by atoms with Crippen LogP contribution in [0.15, 0.2) is 12.1 Å². The highest BCUT2D eigenvalue weighted by Crippen LogP contribution is 2.44. The van der Waals surface area contributed by atoms with Gasteiger partial charge in [-0.2, -0.15) is 0 Å². The summed E-state index contributed by atoms with van der Waals surface area (Å²) in [6, 6.07) is 3.12. The Kier molecular flexibility index (Phi) is 11.5. The minimum Gasteiger partial charge on any atom is -0.493 e. The summed E-state index contributed by atoms with van der Waals surface area (Å²) in [4.78, 5) is 40.7. The first kappa shape index (κ1) is 30.3. The predicted octanol–water partition coefficient (Wildman–Crippen LogP) is 4.76. The molecule has 1 aliphatic rings. The zero-order chi connectivity index (χ0) is 27.6. The van der Waals surface area contributed by atoms with Gasteiger partial charge in [-0.25, -0.2) is 4.79 Å². The molecule has 0 radical (unpaired) electrons. The number of primary amides is 1. The van der Waals surface area contributed by atoms with Crippen molar-refractivity contribution in [2.24, 2.45) is 11.7 Å². The Hall–Kier alpha value is -2.97. The number of carbonyl (C=O) groups excluding carboxylic acids is 3. The second-order valence-electron chi connectivity index (χ2n) is 10.5. The molecule has 1 atom stereocenters. The van der Waals surface area contributed by atoms with Crippen molar-refractivity contribution in [2.75, 3.05) is 27.9 Å². The van der Waals surface area contributed by atoms with Gasteiger partial charge in [-0.05, 0) is 56.7 Å². The number of hydrogen-bond acceptors (Lipinski definition) is 6. The first-order valence-corrected chi connectivity index (χ1v) is 13.3. The van der Waals surface area contributed by atoms with Crippen molar-refractivity contribution in [1.82, 2.24) is 10.2 Å². The first-order valence-electron chi connectivity index (χ1n) is 13.3. The van der Waals surface area contributed by atoms with Crippen molar-refractivity contribution >= 4 is 17.8 Å². The van der Waals surface area contributed by atoms with Crippen LogP contribution in [0.25, 0.3) is 0 Å². The Balaban J connectivity index is 2.54. The highest BCUT2D eigenvalue weighted by atomic mass is 16.5. The Morgan fingerprint density at radius 3 is 2.11 bits per heavy atom. The largest absolute Gasteiger partial charge is 0.493 e. The molecule has 9 heteroatoms. The molecule has 0 saturated heterocycles. The number of amides is 4. The third-order valence-electron chi connectivity index (χ3n) is 6.99. The lowest BCUT2D eigenvalue weighted by Gasteiger charge is -2.35. The van der Waals surface area contributed by atoms with Crippen molar-refractivity contribution < 1.29 is 28.6 Å². The molecule has 4 amide bonds. The van der Waals surface area contributed by atoms with Gasteiger partial charge in [-0.1, -0.05) is 39.0 Å². The number of hydrogen-bond donors (Lipinski definition) is 2. The smallest absolute Gasteiger partial charge is 0.324 e. The van der Waals surface area contributed by atoms with Crippen molar-refractivity contribution in [3.8, 4) is 17.2 Å². The fourth-order valence-electron chi connectivity index (χ4n) is 5.20. The van der Waals surface area contributed by atoms with E-state index < -0.39 is 23.4 Å². The fourth-order valence-corrected chi connectivity index (χ4v) is 5.20. The molecular formula is C28H45N3O6. The Morgan fingerprint density at radius 2 is 1.62 bits per heavy atom. The lowest BCUT2D eigenvalue weighted by Crippen LogP contribution is -2.54. The van der Waals surface area contributed by atoms with E-state index in [-0.39, 0.29) is 18.2 Å². The standard InChI is InChI=1S/C28H45N3O6/c1-7-8-12-15-31(27(34)30-28(2,3)18-23(29)32)26(33)24(19-13-10-9-11-14-19)20-16-21(35-4)25(37-6)22(17-20)36-5/h16-17,19,24H,7-15,18H2,1-6H3,(H2,29,32)(H,30,34). The Labute approximate surface area is 221 Å². The van der Waals surface area contributed by atoms with E-state index in [2.05, 4.69) is 12.2 Å². The highest BCUT2D eigenvalue weighted by molar-refractivity contribution is 5.98. The Morgan fingerprint density at radius 1 is 1.03 bits per heavy atom. The van der Waals surface area contributed by atoms with Crippen LogP contribution in [0.3, 0.4) is 0 Å². The number of urea groups is 1. The minimum absolute atomic E-state index is 0.0331. The summed E-state index contributed by atoms with van der Waals surface area (Å²) in [5.41, 5.74) is 5.23. The number of rotatable bonds is 13. The number of imide groups is 1. The normalized spacial score (nSPS) is 15.0. The molecule has 0 spiro atoms. The van der Waals surface area contributed by atoms with E-state index in [1.807, 2.05) is 12.1 Å². The molecule has 0 aliphatic heterocycles. The van der Waals surface area contributed by atoms with Crippen LogP contribution in [0.2, 0.25) is 0 Å². The van der Waals surface area contributed by atoms with Gasteiger partial charge in [0, 0.05) is 18.5 Å². The number of unbranched alkanes of at least 4 members (excludes halogenated alkanes) is 2. The van der Waals surface area contributed by atoms with Crippen LogP contribution in [0.1, 0.15) is 90.0 Å². The molecule has 1 aliphatic carbocycles. The number of nitrogens with two attached hydrogens (primary N) is 1. The fraction of sp³-hybridized carbons (Fsp3) is 0.679. The van der Waals surface area contributed by atoms with Crippen molar-refractivity contribution in [3.05, 3.63) is 17.7 Å². The van der Waals surface area contributed by atoms with Crippen molar-refractivity contribution in [2.45, 2.75) is 90.0 Å². The SMILES string of the molecule is CCCCCN(C(=O)NC(C)(C)CC(N)=O)C(=O)C(c1cc(OC)c(OC)c(OC)c1)C1CCCCC1. The summed E-state index contributed by atoms with van der Waals surface area (Å²) < 4.78 is 16.6. The number of ether oxygens (including phenoxy) is 3. The maximum atomic E-state index is 14.3. The van der Waals surface area contributed by atoms with Gasteiger partial charge in [0.25, 0.3) is 0 Å². The zero-order valence-electron chi connectivity index (χ0n) is 23.4. The average Bonchev–Trinajstić information content (AvgIpc) is 2.85. The molecule has 0 aromatic heterocycles. The molecule has 1 aromatic carbocycles. The minimum atomic E-state index is -0.890. The average molecular weight is 520 g/mol. The van der Waals surface area contributed by atoms with Gasteiger partial charge in [0.2, 0.25) is 17.6 Å². The summed E-state index contributed by atoms with van der Waals surface area (Å²) in [7, 11) is 4.63. The second-order valence-corrected chi connectivity index (χ2v) is 10.5. The van der Waals surface area contributed by atoms with Gasteiger partial charge in [0.05, 0.1) is 27.2 Å². The van der Waals surface area contributed by atoms with E-state index in [4.69, 9.17) is 19.9 Å². The summed E-state index contributed by atoms with van der Waals surface area (Å²) >= 11 is 0. The number of benzene rings is 1. The number of carbonyl (C=O) groups is 3. The number of nitrogens with one attached hydrogen (secondary N) is 1. The highest BCUT2D eigenvalue weighted by Gasteiger charge is 2.38. The van der Waals surface area contributed by atoms with Crippen LogP contribution < -0.4 is 25.3 Å². The molecule has 9 nitrogen and oxygen atoms in total. The molecule has 1 fully saturated rings. The van der Waals surface area contributed by atoms with E-state index in [1.54, 1.807) is 28.1 Å². The zero-order valence-corrected chi connectivity index (χ0v) is 23.4. The maximum Gasteiger partial charge on any atom is 0.324 e. The molecule has 37 heavy (non-hydrogen) atoms. The molecule has 3 N–H and O–H groups in total. The molecule has 1 saturated carbocycles. The van der Waals surface area contributed by atoms with Gasteiger partial charge < -0.3 is 25.3 Å². The van der Waals surface area contributed by atoms with Gasteiger partial charge in [-0.3, -0.25) is 14.5 Å². The van der Waals surface area contributed by atoms with Gasteiger partial charge in [0.1, 0.15) is 0 Å². The molecule has 2 rings (SSSR count). The lowest BCUT2D eigenvalue weighted by atomic mass is 9.76. The van der Waals surface area contributed by atoms with Crippen LogP contribution in [0, 0.1) is 5.92 Å². The number of methoxy groups -OCH3 is 3. The van der Waals surface area contributed by atoms with Crippen molar-refractivity contribution in [1.29, 1.82) is 0 Å². The van der Waals surface area contributed by atoms with Gasteiger partial charge >= 0.3 is 6.03 Å². The van der Waals surface area contributed by atoms with E-state index in [1.165, 1.54) is 12.0 Å². The van der Waals surface area contributed by atoms with Gasteiger partial charge in [-0.15, -0.1) is 0 Å². The number of nitrogens with zero attached hydrogens (tertiary/aromatic N) is 1. The lowest BCUT2D eigenvalue weighted by molar-refractivity contribution is -0.131. The van der Waals surface area contributed by atoms with E-state index in [0.29, 0.717) is 30.2 Å². The monoisotopic (exact) mass is 519 g/mol. The summed E-state index contributed by atoms with van der Waals surface area (Å²) in [5, 5.41) is 2.86. The third kappa shape index (κ3) is 8.27. The molecule has 1 unspecified atom stereocenters. The van der Waals surface area contributed by atoms with E-state index in [0.717, 1.165) is 50.5 Å². The summed E-state index contributed by atoms with van der Waals surface area (Å²) in [6.45, 7) is 5.81. The van der Waals surface area contributed by atoms with E-state index >= 15 is 0 Å². The van der Waals surface area contributed by atoms with Crippen LogP contribution in [0.5, 0.6) is 17.2 Å². The van der Waals surface area contributed by atoms with Crippen LogP contribution in [-0.4, -0.2) is 56.2 Å². The van der Waals surface area contributed by atoms with Crippen LogP contribution in [0.4, 0.5) is 4.79 Å². The molecule has 208 valence electrons. The topological polar surface area (TPSA) is 120 Å². The first-order chi connectivity index (χ1) is 17.6. The van der Waals surface area contributed by atoms with Crippen LogP contribution in [-0.2, 0) is 9.59 Å². The Bertz CT molecular complexity index is 901. The van der Waals surface area contributed by atoms with Crippen molar-refractivity contribution in [3.63, 3.8) is 0 Å². The second kappa shape index (κ2) is 14.1. The molecule has 1 aromatic rings. The molecule has 0 bridgehead atoms. The maximum absolute atomic E-state index is 14.3. The van der Waals surface area contributed by atoms with Gasteiger partial charge in [0.15, 0.2) is 11.5 Å². The summed E-state index contributed by atoms with van der Waals surface area (Å²) in [6.07, 6.45) is 7.49. The quantitative estimate of drug-likeness (QED) is 0.363. The molecule has 0 heterocycles. The van der Waals surface area contributed by atoms with E-state index in [9.17, 15) is 14.4 Å². The van der Waals surface area contributed by atoms with Crippen LogP contribution >= 0.6 is 0 Å².